The largest absolute Gasteiger partial charge is 0.488 e. The van der Waals surface area contributed by atoms with E-state index in [-0.39, 0.29) is 23.6 Å². The minimum absolute atomic E-state index is 0.0311. The summed E-state index contributed by atoms with van der Waals surface area (Å²) in [4.78, 5) is 30.3. The van der Waals surface area contributed by atoms with E-state index in [9.17, 15) is 14.9 Å². The highest BCUT2D eigenvalue weighted by Crippen LogP contribution is 2.45. The molecule has 1 N–H and O–H groups in total. The minimum Gasteiger partial charge on any atom is -0.488 e. The Hall–Kier alpha value is -3.53. The van der Waals surface area contributed by atoms with Gasteiger partial charge >= 0.3 is 0 Å². The molecule has 0 unspecified atom stereocenters. The molecule has 0 saturated heterocycles. The summed E-state index contributed by atoms with van der Waals surface area (Å²) in [5.74, 6) is 0.934. The predicted molar refractivity (Wildman–Crippen MR) is 178 cm³/mol. The number of aliphatic imine (C=N–C) groups is 1. The lowest BCUT2D eigenvalue weighted by Gasteiger charge is -2.33. The molecule has 5 rings (SSSR count). The van der Waals surface area contributed by atoms with E-state index in [1.165, 1.54) is 17.0 Å². The van der Waals surface area contributed by atoms with Crippen LogP contribution in [-0.4, -0.2) is 17.0 Å². The maximum absolute atomic E-state index is 13.7. The van der Waals surface area contributed by atoms with E-state index in [0.717, 1.165) is 40.4 Å². The monoisotopic (exact) mass is 679 g/mol. The Balaban J connectivity index is 1.45. The van der Waals surface area contributed by atoms with Crippen LogP contribution in [0.15, 0.2) is 76.2 Å². The van der Waals surface area contributed by atoms with E-state index >= 15 is 0 Å². The summed E-state index contributed by atoms with van der Waals surface area (Å²) < 4.78 is 6.95. The van der Waals surface area contributed by atoms with Gasteiger partial charge in [-0.3, -0.25) is 14.9 Å². The van der Waals surface area contributed by atoms with E-state index in [0.29, 0.717) is 32.9 Å². The van der Waals surface area contributed by atoms with Gasteiger partial charge in [0.25, 0.3) is 11.6 Å². The Morgan fingerprint density at radius 3 is 2.56 bits per heavy atom. The number of nitro groups is 1. The number of halogens is 2. The molecule has 1 aliphatic rings. The van der Waals surface area contributed by atoms with Crippen molar-refractivity contribution in [3.8, 4) is 5.75 Å². The lowest BCUT2D eigenvalue weighted by atomic mass is 9.72. The quantitative estimate of drug-likeness (QED) is 0.114. The van der Waals surface area contributed by atoms with E-state index < -0.39 is 4.92 Å². The Kier molecular flexibility index (Phi) is 9.34. The number of hydrogen-bond acceptors (Lipinski definition) is 6. The van der Waals surface area contributed by atoms with Gasteiger partial charge in [-0.05, 0) is 96.3 Å². The van der Waals surface area contributed by atoms with Gasteiger partial charge in [0.15, 0.2) is 0 Å². The molecule has 1 atom stereocenters. The first kappa shape index (κ1) is 30.9. The second-order valence-corrected chi connectivity index (χ2v) is 14.0. The molecule has 0 aliphatic heterocycles. The summed E-state index contributed by atoms with van der Waals surface area (Å²) in [5, 5.41) is 15.3. The van der Waals surface area contributed by atoms with Gasteiger partial charge in [-0.2, -0.15) is 0 Å². The molecule has 0 saturated carbocycles. The first-order chi connectivity index (χ1) is 20.5. The number of anilines is 1. The van der Waals surface area contributed by atoms with E-state index in [1.54, 1.807) is 53.9 Å². The van der Waals surface area contributed by atoms with Crippen molar-refractivity contribution in [2.24, 2.45) is 16.3 Å². The molecule has 3 aromatic carbocycles. The van der Waals surface area contributed by atoms with Crippen LogP contribution in [0.5, 0.6) is 5.75 Å². The van der Waals surface area contributed by atoms with Crippen LogP contribution >= 0.6 is 38.9 Å². The second kappa shape index (κ2) is 13.0. The molecular formula is C33H31BrClN3O4S. The minimum atomic E-state index is -0.427. The number of amides is 1. The lowest BCUT2D eigenvalue weighted by Crippen LogP contribution is -2.27. The van der Waals surface area contributed by atoms with Crippen molar-refractivity contribution in [2.75, 3.05) is 5.32 Å². The molecule has 43 heavy (non-hydrogen) atoms. The van der Waals surface area contributed by atoms with Gasteiger partial charge in [-0.15, -0.1) is 11.3 Å². The van der Waals surface area contributed by atoms with Crippen molar-refractivity contribution in [1.82, 2.24) is 0 Å². The number of ether oxygens (including phenoxy) is 1. The Bertz CT molecular complexity index is 1680. The van der Waals surface area contributed by atoms with Crippen LogP contribution < -0.4 is 10.1 Å². The lowest BCUT2D eigenvalue weighted by molar-refractivity contribution is -0.384. The third-order valence-corrected chi connectivity index (χ3v) is 9.54. The average molecular weight is 681 g/mol. The number of nitrogens with one attached hydrogen (secondary N) is 1. The van der Waals surface area contributed by atoms with Crippen molar-refractivity contribution in [3.63, 3.8) is 0 Å². The highest BCUT2D eigenvalue weighted by Gasteiger charge is 2.33. The van der Waals surface area contributed by atoms with Crippen LogP contribution in [0.4, 0.5) is 16.4 Å². The molecule has 0 bridgehead atoms. The molecule has 0 spiro atoms. The summed E-state index contributed by atoms with van der Waals surface area (Å²) in [7, 11) is 0. The first-order valence-corrected chi connectivity index (χ1v) is 15.9. The number of benzene rings is 3. The Labute approximate surface area is 268 Å². The maximum Gasteiger partial charge on any atom is 0.269 e. The van der Waals surface area contributed by atoms with Crippen LogP contribution in [0.3, 0.4) is 0 Å². The number of nitrogens with zero attached hydrogens (tertiary/aromatic N) is 2. The topological polar surface area (TPSA) is 93.8 Å². The summed E-state index contributed by atoms with van der Waals surface area (Å²) in [5.41, 5.74) is 4.10. The number of carbonyl (C=O) groups is 1. The molecule has 222 valence electrons. The molecule has 1 heterocycles. The zero-order valence-electron chi connectivity index (χ0n) is 24.0. The molecule has 1 aromatic heterocycles. The zero-order valence-corrected chi connectivity index (χ0v) is 27.2. The fourth-order valence-electron chi connectivity index (χ4n) is 5.12. The summed E-state index contributed by atoms with van der Waals surface area (Å²) in [6, 6.07) is 19.0. The normalized spacial score (nSPS) is 14.9. The van der Waals surface area contributed by atoms with Crippen molar-refractivity contribution >= 4 is 67.4 Å². The number of carbonyl (C=O) groups excluding carboxylic acids is 1. The van der Waals surface area contributed by atoms with Crippen LogP contribution in [0.1, 0.15) is 59.1 Å². The summed E-state index contributed by atoms with van der Waals surface area (Å²) in [6.07, 6.45) is 4.49. The number of thiophene rings is 1. The third kappa shape index (κ3) is 7.52. The highest BCUT2D eigenvalue weighted by molar-refractivity contribution is 9.10. The fraction of sp³-hybridized carbons (Fsp3) is 0.273. The summed E-state index contributed by atoms with van der Waals surface area (Å²) in [6.45, 7) is 7.05. The van der Waals surface area contributed by atoms with E-state index in [2.05, 4.69) is 42.0 Å². The average Bonchev–Trinajstić information content (AvgIpc) is 3.34. The smallest absolute Gasteiger partial charge is 0.269 e. The molecule has 0 fully saturated rings. The van der Waals surface area contributed by atoms with Gasteiger partial charge in [-0.1, -0.05) is 48.3 Å². The molecule has 10 heteroatoms. The fourth-order valence-corrected chi connectivity index (χ4v) is 6.89. The van der Waals surface area contributed by atoms with Crippen LogP contribution in [0.2, 0.25) is 5.02 Å². The van der Waals surface area contributed by atoms with Crippen molar-refractivity contribution < 1.29 is 14.5 Å². The van der Waals surface area contributed by atoms with Crippen LogP contribution in [-0.2, 0) is 19.4 Å². The number of hydrogen-bond donors (Lipinski definition) is 1. The summed E-state index contributed by atoms with van der Waals surface area (Å²) >= 11 is 11.2. The molecule has 1 aliphatic carbocycles. The van der Waals surface area contributed by atoms with Crippen LogP contribution in [0.25, 0.3) is 0 Å². The van der Waals surface area contributed by atoms with Gasteiger partial charge in [-0.25, -0.2) is 4.99 Å². The standard InChI is InChI=1S/C33H31BrClN3O4S/c1-33(2,3)22-6-14-27-29(17-22)43-32(30(27)31(39)37-25-10-8-24(35)9-11-25)36-18-21-16-23(34)7-15-28(21)42-19-20-4-12-26(13-5-20)38(40)41/h4-5,7-13,15-16,18,22H,6,14,17,19H2,1-3H3,(H,37,39)/t22-/m0/s1. The van der Waals surface area contributed by atoms with Gasteiger partial charge in [0, 0.05) is 44.0 Å². The van der Waals surface area contributed by atoms with Gasteiger partial charge in [0.1, 0.15) is 17.4 Å². The first-order valence-electron chi connectivity index (χ1n) is 13.9. The van der Waals surface area contributed by atoms with Gasteiger partial charge in [0.05, 0.1) is 10.5 Å². The van der Waals surface area contributed by atoms with E-state index in [4.69, 9.17) is 21.3 Å². The van der Waals surface area contributed by atoms with Crippen LogP contribution in [0, 0.1) is 21.4 Å². The van der Waals surface area contributed by atoms with Crippen molar-refractivity contribution in [1.29, 1.82) is 0 Å². The molecule has 4 aromatic rings. The molecule has 1 amide bonds. The predicted octanol–water partition coefficient (Wildman–Crippen LogP) is 9.81. The number of nitro benzene ring substituents is 1. The number of non-ortho nitro benzene ring substituents is 1. The van der Waals surface area contributed by atoms with Crippen molar-refractivity contribution in [3.05, 3.63) is 113 Å². The molecular weight excluding hydrogens is 650 g/mol. The molecule has 7 nitrogen and oxygen atoms in total. The van der Waals surface area contributed by atoms with Gasteiger partial charge in [0.2, 0.25) is 0 Å². The number of rotatable bonds is 8. The Morgan fingerprint density at radius 2 is 1.88 bits per heavy atom. The SMILES string of the molecule is CC(C)(C)[C@H]1CCc2c(sc(N=Cc3cc(Br)ccc3OCc3ccc([N+](=O)[O-])cc3)c2C(=O)Nc2ccc(Cl)cc2)C1. The van der Waals surface area contributed by atoms with Gasteiger partial charge < -0.3 is 10.1 Å². The number of fused-ring (bicyclic) bond motifs is 1. The maximum atomic E-state index is 13.7. The highest BCUT2D eigenvalue weighted by atomic mass is 79.9. The molecule has 0 radical (unpaired) electrons. The van der Waals surface area contributed by atoms with E-state index in [1.807, 2.05) is 18.2 Å². The van der Waals surface area contributed by atoms with Crippen molar-refractivity contribution in [2.45, 2.75) is 46.6 Å². The third-order valence-electron chi connectivity index (χ3n) is 7.63. The second-order valence-electron chi connectivity index (χ2n) is 11.6. The Morgan fingerprint density at radius 1 is 1.16 bits per heavy atom. The zero-order chi connectivity index (χ0) is 30.7.